The molecule has 1 N–H and O–H groups in total. The van der Waals surface area contributed by atoms with Crippen LogP contribution in [0.25, 0.3) is 11.1 Å². The molecular weight excluding hydrogens is 276 g/mol. The Morgan fingerprint density at radius 1 is 0.909 bits per heavy atom. The summed E-state index contributed by atoms with van der Waals surface area (Å²) >= 11 is 0. The minimum Gasteiger partial charge on any atom is -0.497 e. The molecule has 1 aliphatic carbocycles. The number of methoxy groups -OCH3 is 2. The molecule has 2 aromatic carbocycles. The molecule has 0 saturated carbocycles. The van der Waals surface area contributed by atoms with Gasteiger partial charge in [-0.3, -0.25) is 0 Å². The number of aliphatic hydroxyl groups excluding tert-OH is 1. The van der Waals surface area contributed by atoms with Gasteiger partial charge in [-0.15, -0.1) is 0 Å². The molecule has 0 radical (unpaired) electrons. The van der Waals surface area contributed by atoms with Crippen molar-refractivity contribution >= 4 is 11.1 Å². The minimum atomic E-state index is 0.0424. The van der Waals surface area contributed by atoms with Crippen LogP contribution >= 0.6 is 0 Å². The molecule has 3 nitrogen and oxygen atoms in total. The van der Waals surface area contributed by atoms with Crippen LogP contribution in [0, 0.1) is 0 Å². The van der Waals surface area contributed by atoms with Crippen LogP contribution in [0.15, 0.2) is 42.5 Å². The van der Waals surface area contributed by atoms with Gasteiger partial charge in [0.1, 0.15) is 11.5 Å². The molecule has 22 heavy (non-hydrogen) atoms. The zero-order valence-corrected chi connectivity index (χ0v) is 12.9. The smallest absolute Gasteiger partial charge is 0.119 e. The second-order valence-corrected chi connectivity index (χ2v) is 5.37. The number of aliphatic hydroxyl groups is 1. The minimum absolute atomic E-state index is 0.0424. The average molecular weight is 296 g/mol. The molecule has 0 unspecified atom stereocenters. The Hall–Kier alpha value is -2.26. The fourth-order valence-electron chi connectivity index (χ4n) is 3.06. The van der Waals surface area contributed by atoms with Crippen molar-refractivity contribution in [1.82, 2.24) is 0 Å². The number of rotatable bonds is 4. The Morgan fingerprint density at radius 2 is 1.59 bits per heavy atom. The highest BCUT2D eigenvalue weighted by atomic mass is 16.5. The molecule has 2 aromatic rings. The van der Waals surface area contributed by atoms with Crippen LogP contribution in [0.3, 0.4) is 0 Å². The molecule has 0 heterocycles. The maximum atomic E-state index is 9.88. The first-order valence-electron chi connectivity index (χ1n) is 7.41. The van der Waals surface area contributed by atoms with E-state index in [-0.39, 0.29) is 6.61 Å². The van der Waals surface area contributed by atoms with E-state index in [0.717, 1.165) is 41.0 Å². The summed E-state index contributed by atoms with van der Waals surface area (Å²) in [6.45, 7) is 0.0424. The van der Waals surface area contributed by atoms with Crippen molar-refractivity contribution in [2.45, 2.75) is 12.8 Å². The topological polar surface area (TPSA) is 38.7 Å². The molecule has 0 fully saturated rings. The lowest BCUT2D eigenvalue weighted by atomic mass is 9.83. The van der Waals surface area contributed by atoms with E-state index in [2.05, 4.69) is 18.2 Å². The van der Waals surface area contributed by atoms with Crippen molar-refractivity contribution in [3.63, 3.8) is 0 Å². The Kier molecular flexibility index (Phi) is 4.16. The number of benzene rings is 2. The van der Waals surface area contributed by atoms with Gasteiger partial charge in [0.2, 0.25) is 0 Å². The number of ether oxygens (including phenoxy) is 2. The summed E-state index contributed by atoms with van der Waals surface area (Å²) in [5, 5.41) is 9.88. The van der Waals surface area contributed by atoms with Gasteiger partial charge >= 0.3 is 0 Å². The number of hydrogen-bond donors (Lipinski definition) is 1. The van der Waals surface area contributed by atoms with Crippen molar-refractivity contribution in [1.29, 1.82) is 0 Å². The van der Waals surface area contributed by atoms with E-state index in [4.69, 9.17) is 9.47 Å². The van der Waals surface area contributed by atoms with Gasteiger partial charge in [0.25, 0.3) is 0 Å². The first-order valence-corrected chi connectivity index (χ1v) is 7.41. The molecule has 0 bridgehead atoms. The lowest BCUT2D eigenvalue weighted by molar-refractivity contribution is 0.350. The van der Waals surface area contributed by atoms with Crippen molar-refractivity contribution in [3.05, 3.63) is 59.2 Å². The number of hydrogen-bond acceptors (Lipinski definition) is 3. The molecule has 1 aliphatic rings. The van der Waals surface area contributed by atoms with Crippen molar-refractivity contribution < 1.29 is 14.6 Å². The first kappa shape index (κ1) is 14.7. The lowest BCUT2D eigenvalue weighted by Gasteiger charge is -2.23. The molecule has 0 atom stereocenters. The quantitative estimate of drug-likeness (QED) is 0.937. The van der Waals surface area contributed by atoms with Gasteiger partial charge in [-0.05, 0) is 64.9 Å². The molecule has 0 amide bonds. The third-order valence-electron chi connectivity index (χ3n) is 4.24. The van der Waals surface area contributed by atoms with E-state index in [1.165, 1.54) is 11.1 Å². The summed E-state index contributed by atoms with van der Waals surface area (Å²) in [6, 6.07) is 14.1. The Bertz CT molecular complexity index is 699. The Morgan fingerprint density at radius 3 is 2.23 bits per heavy atom. The van der Waals surface area contributed by atoms with Crippen LogP contribution < -0.4 is 9.47 Å². The molecular formula is C19H20O3. The van der Waals surface area contributed by atoms with Crippen molar-refractivity contribution in [3.8, 4) is 11.5 Å². The van der Waals surface area contributed by atoms with E-state index in [1.807, 2.05) is 24.3 Å². The molecule has 0 spiro atoms. The van der Waals surface area contributed by atoms with Gasteiger partial charge in [0.15, 0.2) is 0 Å². The molecule has 0 saturated heterocycles. The molecule has 114 valence electrons. The Balaban J connectivity index is 2.06. The largest absolute Gasteiger partial charge is 0.497 e. The lowest BCUT2D eigenvalue weighted by Crippen LogP contribution is -2.07. The predicted molar refractivity (Wildman–Crippen MR) is 88.2 cm³/mol. The van der Waals surface area contributed by atoms with E-state index in [1.54, 1.807) is 14.2 Å². The maximum absolute atomic E-state index is 9.88. The van der Waals surface area contributed by atoms with Crippen molar-refractivity contribution in [2.24, 2.45) is 0 Å². The third kappa shape index (κ3) is 2.60. The van der Waals surface area contributed by atoms with Crippen LogP contribution in [0.5, 0.6) is 11.5 Å². The normalized spacial score (nSPS) is 13.8. The van der Waals surface area contributed by atoms with Crippen LogP contribution in [0.2, 0.25) is 0 Å². The molecule has 3 rings (SSSR count). The summed E-state index contributed by atoms with van der Waals surface area (Å²) in [4.78, 5) is 0. The maximum Gasteiger partial charge on any atom is 0.119 e. The van der Waals surface area contributed by atoms with Gasteiger partial charge in [-0.25, -0.2) is 0 Å². The number of fused-ring (bicyclic) bond motifs is 1. The van der Waals surface area contributed by atoms with Gasteiger partial charge in [0, 0.05) is 0 Å². The van der Waals surface area contributed by atoms with E-state index in [9.17, 15) is 5.11 Å². The predicted octanol–water partition coefficient (Wildman–Crippen LogP) is 3.55. The summed E-state index contributed by atoms with van der Waals surface area (Å²) in [5.41, 5.74) is 5.73. The fraction of sp³-hybridized carbons (Fsp3) is 0.263. The van der Waals surface area contributed by atoms with E-state index < -0.39 is 0 Å². The molecule has 0 aliphatic heterocycles. The van der Waals surface area contributed by atoms with Gasteiger partial charge in [-0.1, -0.05) is 18.2 Å². The van der Waals surface area contributed by atoms with Gasteiger partial charge in [-0.2, -0.15) is 0 Å². The zero-order valence-electron chi connectivity index (χ0n) is 12.9. The Labute approximate surface area is 130 Å². The summed E-state index contributed by atoms with van der Waals surface area (Å²) in [5.74, 6) is 1.71. The van der Waals surface area contributed by atoms with Crippen LogP contribution in [-0.2, 0) is 6.42 Å². The van der Waals surface area contributed by atoms with E-state index >= 15 is 0 Å². The van der Waals surface area contributed by atoms with Crippen LogP contribution in [0.4, 0.5) is 0 Å². The third-order valence-corrected chi connectivity index (χ3v) is 4.24. The second kappa shape index (κ2) is 6.24. The molecule has 0 aromatic heterocycles. The zero-order chi connectivity index (χ0) is 15.5. The highest BCUT2D eigenvalue weighted by Crippen LogP contribution is 2.38. The average Bonchev–Trinajstić information content (AvgIpc) is 2.60. The second-order valence-electron chi connectivity index (χ2n) is 5.37. The fourth-order valence-corrected chi connectivity index (χ4v) is 3.06. The van der Waals surface area contributed by atoms with Gasteiger partial charge < -0.3 is 14.6 Å². The monoisotopic (exact) mass is 296 g/mol. The van der Waals surface area contributed by atoms with Crippen LogP contribution in [0.1, 0.15) is 23.1 Å². The van der Waals surface area contributed by atoms with E-state index in [0.29, 0.717) is 0 Å². The van der Waals surface area contributed by atoms with Crippen LogP contribution in [-0.4, -0.2) is 25.9 Å². The number of aryl methyl sites for hydroxylation is 1. The highest BCUT2D eigenvalue weighted by molar-refractivity contribution is 5.94. The summed E-state index contributed by atoms with van der Waals surface area (Å²) < 4.78 is 10.5. The van der Waals surface area contributed by atoms with Gasteiger partial charge in [0.05, 0.1) is 20.8 Å². The summed E-state index contributed by atoms with van der Waals surface area (Å²) in [6.07, 6.45) is 1.87. The SMILES string of the molecule is COc1ccc(C2=C(CO)c3ccc(OC)cc3CC2)cc1. The first-order chi connectivity index (χ1) is 10.8. The molecule has 3 heteroatoms. The summed E-state index contributed by atoms with van der Waals surface area (Å²) in [7, 11) is 3.34. The standard InChI is InChI=1S/C19H20O3/c1-21-15-6-3-13(4-7-15)17-9-5-14-11-16(22-2)8-10-18(14)19(17)12-20/h3-4,6-8,10-11,20H,5,9,12H2,1-2H3. The highest BCUT2D eigenvalue weighted by Gasteiger charge is 2.20. The number of allylic oxidation sites excluding steroid dienone is 1. The van der Waals surface area contributed by atoms with Crippen molar-refractivity contribution in [2.75, 3.05) is 20.8 Å².